The second-order valence-corrected chi connectivity index (χ2v) is 11.7. The van der Waals surface area contributed by atoms with Crippen molar-refractivity contribution in [1.82, 2.24) is 0 Å². The summed E-state index contributed by atoms with van der Waals surface area (Å²) in [5.41, 5.74) is 6.90. The first-order chi connectivity index (χ1) is 17.0. The van der Waals surface area contributed by atoms with Crippen molar-refractivity contribution in [2.24, 2.45) is 0 Å². The third-order valence-electron chi connectivity index (χ3n) is 6.82. The summed E-state index contributed by atoms with van der Waals surface area (Å²) in [6, 6.07) is 25.6. The molecule has 0 bridgehead atoms. The van der Waals surface area contributed by atoms with Crippen molar-refractivity contribution in [1.29, 1.82) is 0 Å². The van der Waals surface area contributed by atoms with Crippen LogP contribution in [-0.2, 0) is 23.3 Å². The van der Waals surface area contributed by atoms with E-state index in [0.717, 1.165) is 17.7 Å². The Morgan fingerprint density at radius 1 is 0.892 bits per heavy atom. The van der Waals surface area contributed by atoms with Gasteiger partial charge in [-0.25, -0.2) is 6.54 Å². The molecule has 0 saturated carbocycles. The van der Waals surface area contributed by atoms with Crippen LogP contribution in [0.1, 0.15) is 83.1 Å². The number of aryl methyl sites for hydroxylation is 1. The summed E-state index contributed by atoms with van der Waals surface area (Å²) in [4.78, 5) is 2.55. The molecule has 37 heavy (non-hydrogen) atoms. The quantitative estimate of drug-likeness (QED) is 0.276. The minimum Gasteiger partial charge on any atom is -1.00 e. The third-order valence-corrected chi connectivity index (χ3v) is 7.36. The second kappa shape index (κ2) is 13.2. The Bertz CT molecular complexity index is 1160. The van der Waals surface area contributed by atoms with Crippen LogP contribution >= 0.6 is 0 Å². The maximum absolute atomic E-state index is 5.59. The molecule has 0 N–H and O–H groups in total. The van der Waals surface area contributed by atoms with Gasteiger partial charge in [0.05, 0.1) is 0 Å². The molecule has 0 radical (unpaired) electrons. The SMILES string of the molecule is CC(C)Oc1ccccc1[CH]=[Ru+].Cc1cccc(C(C)C)c1N1[CH-]C(C)(c2ccccc2)CC1(C)C.[Cl-]. The van der Waals surface area contributed by atoms with E-state index in [4.69, 9.17) is 4.74 Å². The van der Waals surface area contributed by atoms with Gasteiger partial charge in [0, 0.05) is 11.2 Å². The Hall–Kier alpha value is -1.96. The van der Waals surface area contributed by atoms with Crippen LogP contribution in [0, 0.1) is 13.5 Å². The maximum atomic E-state index is 5.59. The first-order valence-electron chi connectivity index (χ1n) is 13.0. The molecule has 0 spiro atoms. The second-order valence-electron chi connectivity index (χ2n) is 11.2. The van der Waals surface area contributed by atoms with Crippen molar-refractivity contribution in [3.8, 4) is 5.75 Å². The zero-order valence-corrected chi connectivity index (χ0v) is 26.0. The van der Waals surface area contributed by atoms with E-state index in [1.165, 1.54) is 22.4 Å². The van der Waals surface area contributed by atoms with Gasteiger partial charge in [-0.15, -0.1) is 5.41 Å². The van der Waals surface area contributed by atoms with E-state index in [1.54, 1.807) is 0 Å². The molecule has 1 heterocycles. The fraction of sp³-hybridized carbons (Fsp3) is 0.394. The van der Waals surface area contributed by atoms with Gasteiger partial charge >= 0.3 is 82.7 Å². The predicted molar refractivity (Wildman–Crippen MR) is 152 cm³/mol. The molecule has 3 aromatic rings. The van der Waals surface area contributed by atoms with Crippen LogP contribution in [0.2, 0.25) is 0 Å². The van der Waals surface area contributed by atoms with Crippen LogP contribution < -0.4 is 22.0 Å². The van der Waals surface area contributed by atoms with Crippen molar-refractivity contribution in [3.63, 3.8) is 0 Å². The van der Waals surface area contributed by atoms with Crippen molar-refractivity contribution in [3.05, 3.63) is 102 Å². The number of para-hydroxylation sites is 2. The van der Waals surface area contributed by atoms with Gasteiger partial charge in [0.2, 0.25) is 0 Å². The molecule has 0 aromatic heterocycles. The number of benzene rings is 3. The van der Waals surface area contributed by atoms with Gasteiger partial charge < -0.3 is 17.3 Å². The number of halogens is 1. The molecule has 1 fully saturated rings. The summed E-state index contributed by atoms with van der Waals surface area (Å²) in [6.45, 7) is 20.5. The normalized spacial score (nSPS) is 18.2. The van der Waals surface area contributed by atoms with Gasteiger partial charge in [0.25, 0.3) is 0 Å². The Morgan fingerprint density at radius 3 is 2.11 bits per heavy atom. The maximum Gasteiger partial charge on any atom is 0.0140 e. The van der Waals surface area contributed by atoms with Crippen molar-refractivity contribution < 1.29 is 35.0 Å². The Balaban J connectivity index is 0.000000314. The summed E-state index contributed by atoms with van der Waals surface area (Å²) in [7, 11) is 0. The zero-order chi connectivity index (χ0) is 26.5. The summed E-state index contributed by atoms with van der Waals surface area (Å²) in [5.74, 6) is 1.47. The average molecular weight is 605 g/mol. The molecule has 1 atom stereocenters. The number of nitrogens with zero attached hydrogens (tertiary/aromatic N) is 1. The van der Waals surface area contributed by atoms with E-state index in [2.05, 4.69) is 119 Å². The largest absolute Gasteiger partial charge is 1.00 e. The molecule has 4 heteroatoms. The summed E-state index contributed by atoms with van der Waals surface area (Å²) < 4.78 is 7.58. The van der Waals surface area contributed by atoms with Crippen molar-refractivity contribution >= 4 is 10.3 Å². The molecule has 1 aliphatic rings. The molecular formula is C33H42ClNORu-. The molecule has 2 nitrogen and oxygen atoms in total. The molecule has 1 saturated heterocycles. The monoisotopic (exact) mass is 605 g/mol. The molecule has 0 amide bonds. The van der Waals surface area contributed by atoms with E-state index >= 15 is 0 Å². The van der Waals surface area contributed by atoms with Gasteiger partial charge in [0.15, 0.2) is 0 Å². The molecule has 1 aliphatic heterocycles. The predicted octanol–water partition coefficient (Wildman–Crippen LogP) is 5.40. The van der Waals surface area contributed by atoms with E-state index in [9.17, 15) is 0 Å². The summed E-state index contributed by atoms with van der Waals surface area (Å²) in [6.07, 6.45) is 1.35. The summed E-state index contributed by atoms with van der Waals surface area (Å²) >= 11 is 2.49. The Morgan fingerprint density at radius 2 is 1.51 bits per heavy atom. The number of rotatable bonds is 6. The third kappa shape index (κ3) is 7.55. The smallest absolute Gasteiger partial charge is 0.0140 e. The topological polar surface area (TPSA) is 12.5 Å². The van der Waals surface area contributed by atoms with Crippen LogP contribution in [0.3, 0.4) is 0 Å². The molecule has 201 valence electrons. The first-order valence-corrected chi connectivity index (χ1v) is 14.0. The van der Waals surface area contributed by atoms with E-state index in [0.29, 0.717) is 5.92 Å². The number of hydrogen-bond acceptors (Lipinski definition) is 2. The molecule has 1 unspecified atom stereocenters. The standard InChI is InChI=1S/C23H30N.C10H12O.ClH.Ru/c1-17(2)20-14-10-11-18(3)21(20)24-16-23(6,15-22(24,4)5)19-12-8-7-9-13-19;1-8(2)11-10-7-5-4-6-9(10)3;;/h7-14,16-17H,15H2,1-6H3;3-8H,1-2H3;1H;/q-1;;;+1/p-1. The average Bonchev–Trinajstić information content (AvgIpc) is 3.09. The van der Waals surface area contributed by atoms with Crippen LogP contribution in [-0.4, -0.2) is 16.3 Å². The molecule has 4 rings (SSSR count). The van der Waals surface area contributed by atoms with Gasteiger partial charge in [-0.05, 0) is 44.2 Å². The van der Waals surface area contributed by atoms with Crippen LogP contribution in [0.15, 0.2) is 72.8 Å². The van der Waals surface area contributed by atoms with E-state index < -0.39 is 0 Å². The molecule has 0 aliphatic carbocycles. The van der Waals surface area contributed by atoms with Gasteiger partial charge in [-0.3, -0.25) is 0 Å². The Kier molecular flexibility index (Phi) is 11.2. The van der Waals surface area contributed by atoms with Gasteiger partial charge in [-0.2, -0.15) is 0 Å². The minimum atomic E-state index is 0. The van der Waals surface area contributed by atoms with Gasteiger partial charge in [0.1, 0.15) is 0 Å². The number of hydrogen-bond donors (Lipinski definition) is 0. The van der Waals surface area contributed by atoms with E-state index in [1.807, 2.05) is 42.7 Å². The van der Waals surface area contributed by atoms with Crippen LogP contribution in [0.25, 0.3) is 0 Å². The van der Waals surface area contributed by atoms with Crippen molar-refractivity contribution in [2.75, 3.05) is 4.90 Å². The van der Waals surface area contributed by atoms with Crippen molar-refractivity contribution in [2.45, 2.75) is 84.8 Å². The molecule has 3 aromatic carbocycles. The van der Waals surface area contributed by atoms with Crippen LogP contribution in [0.5, 0.6) is 5.75 Å². The minimum absolute atomic E-state index is 0. The first kappa shape index (κ1) is 31.3. The number of ether oxygens (including phenoxy) is 1. The fourth-order valence-corrected chi connectivity index (χ4v) is 5.67. The number of anilines is 1. The fourth-order valence-electron chi connectivity index (χ4n) is 5.25. The van der Waals surface area contributed by atoms with Crippen LogP contribution in [0.4, 0.5) is 5.69 Å². The summed E-state index contributed by atoms with van der Waals surface area (Å²) in [5, 5.41) is 0. The van der Waals surface area contributed by atoms with E-state index in [-0.39, 0.29) is 29.5 Å². The zero-order valence-electron chi connectivity index (χ0n) is 23.5. The Labute approximate surface area is 241 Å². The molecular weight excluding hydrogens is 563 g/mol. The van der Waals surface area contributed by atoms with Gasteiger partial charge in [-0.1, -0.05) is 74.9 Å².